The molecule has 0 aromatic heterocycles. The Balaban J connectivity index is 1.99. The zero-order chi connectivity index (χ0) is 17.2. The van der Waals surface area contributed by atoms with Crippen LogP contribution in [0, 0.1) is 11.3 Å². The van der Waals surface area contributed by atoms with Crippen molar-refractivity contribution >= 4 is 12.0 Å². The number of carbonyl (C=O) groups is 1. The second kappa shape index (κ2) is 9.16. The van der Waals surface area contributed by atoms with Crippen LogP contribution in [0.15, 0.2) is 60.2 Å². The fourth-order valence-corrected chi connectivity index (χ4v) is 2.05. The summed E-state index contributed by atoms with van der Waals surface area (Å²) in [6.07, 6.45) is 2.41. The standard InChI is InChI=1S/C20H20N2O2/c1-2-12-22-20(23)18(14-21)13-16-8-10-19(11-9-16)24-15-17-6-4-3-5-7-17/h3-11,13H,2,12,15H2,1H3,(H,22,23)/b18-13+. The van der Waals surface area contributed by atoms with Crippen molar-refractivity contribution in [2.45, 2.75) is 20.0 Å². The minimum atomic E-state index is -0.344. The normalized spacial score (nSPS) is 10.8. The molecule has 1 amide bonds. The van der Waals surface area contributed by atoms with Crippen LogP contribution in [-0.2, 0) is 11.4 Å². The fourth-order valence-electron chi connectivity index (χ4n) is 2.05. The molecule has 24 heavy (non-hydrogen) atoms. The van der Waals surface area contributed by atoms with Gasteiger partial charge < -0.3 is 10.1 Å². The van der Waals surface area contributed by atoms with Gasteiger partial charge in [0, 0.05) is 6.54 Å². The van der Waals surface area contributed by atoms with Crippen molar-refractivity contribution in [3.05, 3.63) is 71.3 Å². The molecule has 1 N–H and O–H groups in total. The third-order valence-electron chi connectivity index (χ3n) is 3.34. The lowest BCUT2D eigenvalue weighted by Crippen LogP contribution is -2.25. The Labute approximate surface area is 142 Å². The van der Waals surface area contributed by atoms with E-state index in [4.69, 9.17) is 10.00 Å². The molecule has 0 radical (unpaired) electrons. The summed E-state index contributed by atoms with van der Waals surface area (Å²) in [5, 5.41) is 11.8. The van der Waals surface area contributed by atoms with Crippen molar-refractivity contribution in [1.82, 2.24) is 5.32 Å². The van der Waals surface area contributed by atoms with Crippen LogP contribution >= 0.6 is 0 Å². The van der Waals surface area contributed by atoms with E-state index in [-0.39, 0.29) is 11.5 Å². The molecule has 2 aromatic carbocycles. The molecule has 0 heterocycles. The van der Waals surface area contributed by atoms with Crippen LogP contribution in [0.25, 0.3) is 6.08 Å². The fraction of sp³-hybridized carbons (Fsp3) is 0.200. The molecule has 0 atom stereocenters. The van der Waals surface area contributed by atoms with Crippen molar-refractivity contribution in [3.8, 4) is 11.8 Å². The van der Waals surface area contributed by atoms with E-state index >= 15 is 0 Å². The lowest BCUT2D eigenvalue weighted by molar-refractivity contribution is -0.117. The predicted octanol–water partition coefficient (Wildman–Crippen LogP) is 3.70. The van der Waals surface area contributed by atoms with Crippen LogP contribution in [0.3, 0.4) is 0 Å². The van der Waals surface area contributed by atoms with E-state index in [1.165, 1.54) is 0 Å². The lowest BCUT2D eigenvalue weighted by Gasteiger charge is -2.06. The van der Waals surface area contributed by atoms with Gasteiger partial charge in [0.25, 0.3) is 5.91 Å². The second-order valence-electron chi connectivity index (χ2n) is 5.27. The molecular weight excluding hydrogens is 300 g/mol. The Bertz CT molecular complexity index is 728. The van der Waals surface area contributed by atoms with Crippen molar-refractivity contribution in [1.29, 1.82) is 5.26 Å². The summed E-state index contributed by atoms with van der Waals surface area (Å²) < 4.78 is 5.71. The van der Waals surface area contributed by atoms with E-state index in [2.05, 4.69) is 5.32 Å². The van der Waals surface area contributed by atoms with Gasteiger partial charge in [-0.1, -0.05) is 49.4 Å². The summed E-state index contributed by atoms with van der Waals surface area (Å²) in [4.78, 5) is 11.8. The van der Waals surface area contributed by atoms with Gasteiger partial charge in [0.1, 0.15) is 24.0 Å². The van der Waals surface area contributed by atoms with Gasteiger partial charge in [0.2, 0.25) is 0 Å². The first kappa shape index (κ1) is 17.3. The second-order valence-corrected chi connectivity index (χ2v) is 5.27. The molecule has 0 bridgehead atoms. The van der Waals surface area contributed by atoms with E-state index in [0.717, 1.165) is 23.3 Å². The van der Waals surface area contributed by atoms with Gasteiger partial charge in [-0.05, 0) is 35.8 Å². The van der Waals surface area contributed by atoms with E-state index in [1.807, 2.05) is 67.6 Å². The maximum Gasteiger partial charge on any atom is 0.261 e. The SMILES string of the molecule is CCCNC(=O)/C(C#N)=C/c1ccc(OCc2ccccc2)cc1. The molecule has 122 valence electrons. The van der Waals surface area contributed by atoms with Crippen molar-refractivity contribution < 1.29 is 9.53 Å². The molecule has 0 unspecified atom stereocenters. The number of nitriles is 1. The number of ether oxygens (including phenoxy) is 1. The van der Waals surface area contributed by atoms with Gasteiger partial charge in [-0.3, -0.25) is 4.79 Å². The molecule has 0 saturated carbocycles. The van der Waals surface area contributed by atoms with Crippen LogP contribution in [-0.4, -0.2) is 12.5 Å². The molecular formula is C20H20N2O2. The number of benzene rings is 2. The van der Waals surface area contributed by atoms with E-state index in [9.17, 15) is 4.79 Å². The largest absolute Gasteiger partial charge is 0.489 e. The summed E-state index contributed by atoms with van der Waals surface area (Å²) in [7, 11) is 0. The number of hydrogen-bond donors (Lipinski definition) is 1. The first-order valence-corrected chi connectivity index (χ1v) is 7.89. The number of nitrogens with zero attached hydrogens (tertiary/aromatic N) is 1. The summed E-state index contributed by atoms with van der Waals surface area (Å²) in [6.45, 7) is 3.02. The van der Waals surface area contributed by atoms with E-state index in [1.54, 1.807) is 6.08 Å². The highest BCUT2D eigenvalue weighted by molar-refractivity contribution is 6.01. The third-order valence-corrected chi connectivity index (χ3v) is 3.34. The third kappa shape index (κ3) is 5.29. The minimum absolute atomic E-state index is 0.0985. The molecule has 2 aromatic rings. The highest BCUT2D eigenvalue weighted by atomic mass is 16.5. The molecule has 0 aliphatic carbocycles. The van der Waals surface area contributed by atoms with E-state index in [0.29, 0.717) is 13.2 Å². The summed E-state index contributed by atoms with van der Waals surface area (Å²) in [5.74, 6) is 0.397. The maximum atomic E-state index is 11.8. The van der Waals surface area contributed by atoms with Crippen LogP contribution in [0.5, 0.6) is 5.75 Å². The monoisotopic (exact) mass is 320 g/mol. The van der Waals surface area contributed by atoms with Gasteiger partial charge in [0.15, 0.2) is 0 Å². The Morgan fingerprint density at radius 1 is 1.17 bits per heavy atom. The average Bonchev–Trinajstić information content (AvgIpc) is 2.64. The topological polar surface area (TPSA) is 62.1 Å². The van der Waals surface area contributed by atoms with Gasteiger partial charge in [0.05, 0.1) is 0 Å². The number of nitrogens with one attached hydrogen (secondary N) is 1. The first-order chi connectivity index (χ1) is 11.7. The minimum Gasteiger partial charge on any atom is -0.489 e. The Morgan fingerprint density at radius 3 is 2.50 bits per heavy atom. The maximum absolute atomic E-state index is 11.8. The predicted molar refractivity (Wildman–Crippen MR) is 94.1 cm³/mol. The van der Waals surface area contributed by atoms with Crippen molar-refractivity contribution in [3.63, 3.8) is 0 Å². The molecule has 2 rings (SSSR count). The lowest BCUT2D eigenvalue weighted by atomic mass is 10.1. The summed E-state index contributed by atoms with van der Waals surface area (Å²) >= 11 is 0. The quantitative estimate of drug-likeness (QED) is 0.625. The van der Waals surface area contributed by atoms with Crippen LogP contribution in [0.4, 0.5) is 0 Å². The molecule has 0 saturated heterocycles. The van der Waals surface area contributed by atoms with E-state index < -0.39 is 0 Å². The smallest absolute Gasteiger partial charge is 0.261 e. The zero-order valence-electron chi connectivity index (χ0n) is 13.7. The summed E-state index contributed by atoms with van der Waals surface area (Å²) in [5.41, 5.74) is 1.98. The molecule has 0 fully saturated rings. The van der Waals surface area contributed by atoms with Crippen LogP contribution in [0.1, 0.15) is 24.5 Å². The first-order valence-electron chi connectivity index (χ1n) is 7.89. The van der Waals surface area contributed by atoms with Crippen molar-refractivity contribution in [2.75, 3.05) is 6.54 Å². The Morgan fingerprint density at radius 2 is 1.88 bits per heavy atom. The molecule has 4 heteroatoms. The average molecular weight is 320 g/mol. The highest BCUT2D eigenvalue weighted by Crippen LogP contribution is 2.16. The Hall–Kier alpha value is -3.06. The molecule has 0 spiro atoms. The number of rotatable bonds is 7. The number of hydrogen-bond acceptors (Lipinski definition) is 3. The zero-order valence-corrected chi connectivity index (χ0v) is 13.7. The molecule has 0 aliphatic heterocycles. The number of amides is 1. The van der Waals surface area contributed by atoms with Gasteiger partial charge in [-0.25, -0.2) is 0 Å². The van der Waals surface area contributed by atoms with Crippen LogP contribution in [0.2, 0.25) is 0 Å². The van der Waals surface area contributed by atoms with Gasteiger partial charge in [-0.2, -0.15) is 5.26 Å². The highest BCUT2D eigenvalue weighted by Gasteiger charge is 2.07. The van der Waals surface area contributed by atoms with Crippen molar-refractivity contribution in [2.24, 2.45) is 0 Å². The van der Waals surface area contributed by atoms with Crippen LogP contribution < -0.4 is 10.1 Å². The molecule has 4 nitrogen and oxygen atoms in total. The van der Waals surface area contributed by atoms with Gasteiger partial charge in [-0.15, -0.1) is 0 Å². The molecule has 0 aliphatic rings. The Kier molecular flexibility index (Phi) is 6.60. The summed E-state index contributed by atoms with van der Waals surface area (Å²) in [6, 6.07) is 19.2. The number of carbonyl (C=O) groups excluding carboxylic acids is 1. The van der Waals surface area contributed by atoms with Gasteiger partial charge >= 0.3 is 0 Å².